The van der Waals surface area contributed by atoms with Gasteiger partial charge in [0, 0.05) is 10.2 Å². The second kappa shape index (κ2) is 8.38. The first-order valence-electron chi connectivity index (χ1n) is 7.91. The van der Waals surface area contributed by atoms with Crippen molar-refractivity contribution in [3.63, 3.8) is 0 Å². The van der Waals surface area contributed by atoms with Crippen LogP contribution in [0.25, 0.3) is 10.8 Å². The predicted octanol–water partition coefficient (Wildman–Crippen LogP) is 5.17. The van der Waals surface area contributed by atoms with Crippen LogP contribution in [0.1, 0.15) is 15.9 Å². The summed E-state index contributed by atoms with van der Waals surface area (Å²) in [5.74, 6) is -0.343. The van der Waals surface area contributed by atoms with E-state index in [1.807, 2.05) is 18.2 Å². The molecule has 3 rings (SSSR count). The molecule has 0 spiro atoms. The van der Waals surface area contributed by atoms with Gasteiger partial charge in [-0.3, -0.25) is 4.79 Å². The molecule has 6 heteroatoms. The van der Waals surface area contributed by atoms with Gasteiger partial charge in [-0.25, -0.2) is 4.79 Å². The molecule has 3 aromatic rings. The van der Waals surface area contributed by atoms with Gasteiger partial charge in [0.2, 0.25) is 5.91 Å². The Labute approximate surface area is 163 Å². The second-order valence-electron chi connectivity index (χ2n) is 5.67. The summed E-state index contributed by atoms with van der Waals surface area (Å²) in [5.41, 5.74) is 1.54. The molecule has 0 aromatic heterocycles. The quantitative estimate of drug-likeness (QED) is 0.566. The summed E-state index contributed by atoms with van der Waals surface area (Å²) >= 11 is 4.74. The third-order valence-electron chi connectivity index (χ3n) is 3.86. The van der Waals surface area contributed by atoms with Crippen LogP contribution in [0, 0.1) is 0 Å². The van der Waals surface area contributed by atoms with Crippen LogP contribution < -0.4 is 5.32 Å². The van der Waals surface area contributed by atoms with Crippen molar-refractivity contribution >= 4 is 56.0 Å². The van der Waals surface area contributed by atoms with Crippen LogP contribution in [0.3, 0.4) is 0 Å². The molecule has 0 aliphatic carbocycles. The average Bonchev–Trinajstić information content (AvgIpc) is 2.63. The standard InChI is InChI=1S/C20H16BrNO3S/c21-15-8-9-18(17(10-15)20(24)25)22-19(23)12-26-11-14-6-3-5-13-4-1-2-7-16(13)14/h1-10H,11-12H2,(H,22,23)(H,24,25). The Hall–Kier alpha value is -2.31. The van der Waals surface area contributed by atoms with Crippen LogP contribution in [-0.2, 0) is 10.5 Å². The lowest BCUT2D eigenvalue weighted by atomic mass is 10.1. The number of hydrogen-bond donors (Lipinski definition) is 2. The van der Waals surface area contributed by atoms with E-state index in [2.05, 4.69) is 45.5 Å². The average molecular weight is 430 g/mol. The van der Waals surface area contributed by atoms with E-state index in [1.165, 1.54) is 34.2 Å². The number of aromatic carboxylic acids is 1. The molecule has 0 aliphatic rings. The van der Waals surface area contributed by atoms with E-state index in [0.29, 0.717) is 15.9 Å². The highest BCUT2D eigenvalue weighted by Crippen LogP contribution is 2.24. The molecule has 0 heterocycles. The molecule has 0 atom stereocenters. The topological polar surface area (TPSA) is 66.4 Å². The van der Waals surface area contributed by atoms with Gasteiger partial charge < -0.3 is 10.4 Å². The predicted molar refractivity (Wildman–Crippen MR) is 110 cm³/mol. The van der Waals surface area contributed by atoms with Crippen LogP contribution >= 0.6 is 27.7 Å². The summed E-state index contributed by atoms with van der Waals surface area (Å²) in [7, 11) is 0. The van der Waals surface area contributed by atoms with Crippen molar-refractivity contribution in [2.45, 2.75) is 5.75 Å². The van der Waals surface area contributed by atoms with Gasteiger partial charge in [-0.05, 0) is 34.5 Å². The number of halogens is 1. The van der Waals surface area contributed by atoms with E-state index in [4.69, 9.17) is 0 Å². The van der Waals surface area contributed by atoms with Crippen LogP contribution in [0.5, 0.6) is 0 Å². The number of thioether (sulfide) groups is 1. The van der Waals surface area contributed by atoms with Crippen LogP contribution in [0.2, 0.25) is 0 Å². The third-order valence-corrected chi connectivity index (χ3v) is 5.33. The fourth-order valence-corrected chi connectivity index (χ4v) is 3.85. The Morgan fingerprint density at radius 2 is 1.81 bits per heavy atom. The Balaban J connectivity index is 1.62. The summed E-state index contributed by atoms with van der Waals surface area (Å²) in [6.45, 7) is 0. The smallest absolute Gasteiger partial charge is 0.337 e. The normalized spacial score (nSPS) is 10.7. The number of rotatable bonds is 6. The molecule has 0 aliphatic heterocycles. The van der Waals surface area contributed by atoms with Crippen molar-refractivity contribution < 1.29 is 14.7 Å². The van der Waals surface area contributed by atoms with Gasteiger partial charge in [0.05, 0.1) is 17.0 Å². The molecule has 3 aromatic carbocycles. The van der Waals surface area contributed by atoms with E-state index in [9.17, 15) is 14.7 Å². The number of anilines is 1. The molecular formula is C20H16BrNO3S. The molecule has 0 unspecified atom stereocenters. The maximum atomic E-state index is 12.2. The zero-order valence-electron chi connectivity index (χ0n) is 13.7. The van der Waals surface area contributed by atoms with Gasteiger partial charge in [-0.2, -0.15) is 0 Å². The molecule has 26 heavy (non-hydrogen) atoms. The molecule has 0 saturated heterocycles. The summed E-state index contributed by atoms with van der Waals surface area (Å²) in [6.07, 6.45) is 0. The van der Waals surface area contributed by atoms with Gasteiger partial charge in [-0.15, -0.1) is 11.8 Å². The molecule has 0 radical (unpaired) electrons. The highest BCUT2D eigenvalue weighted by molar-refractivity contribution is 9.10. The van der Waals surface area contributed by atoms with Crippen LogP contribution in [-0.4, -0.2) is 22.7 Å². The molecule has 4 nitrogen and oxygen atoms in total. The minimum Gasteiger partial charge on any atom is -0.478 e. The lowest BCUT2D eigenvalue weighted by Gasteiger charge is -2.09. The molecule has 0 bridgehead atoms. The summed E-state index contributed by atoms with van der Waals surface area (Å²) in [6, 6.07) is 19.0. The van der Waals surface area contributed by atoms with Crippen molar-refractivity contribution in [3.8, 4) is 0 Å². The zero-order chi connectivity index (χ0) is 18.5. The van der Waals surface area contributed by atoms with Crippen LogP contribution in [0.15, 0.2) is 65.1 Å². The van der Waals surface area contributed by atoms with Crippen molar-refractivity contribution in [2.24, 2.45) is 0 Å². The first-order chi connectivity index (χ1) is 12.5. The zero-order valence-corrected chi connectivity index (χ0v) is 16.1. The lowest BCUT2D eigenvalue weighted by molar-refractivity contribution is -0.113. The summed E-state index contributed by atoms with van der Waals surface area (Å²) in [4.78, 5) is 23.5. The van der Waals surface area contributed by atoms with Crippen molar-refractivity contribution in [3.05, 3.63) is 76.3 Å². The number of carboxylic acid groups (broad SMARTS) is 1. The Morgan fingerprint density at radius 1 is 1.04 bits per heavy atom. The molecule has 0 saturated carbocycles. The van der Waals surface area contributed by atoms with Gasteiger partial charge in [-0.1, -0.05) is 58.4 Å². The number of carbonyl (C=O) groups excluding carboxylic acids is 1. The number of hydrogen-bond acceptors (Lipinski definition) is 3. The molecular weight excluding hydrogens is 414 g/mol. The highest BCUT2D eigenvalue weighted by atomic mass is 79.9. The van der Waals surface area contributed by atoms with E-state index in [-0.39, 0.29) is 17.2 Å². The summed E-state index contributed by atoms with van der Waals surface area (Å²) < 4.78 is 0.651. The number of benzene rings is 3. The minimum absolute atomic E-state index is 0.0618. The molecule has 2 N–H and O–H groups in total. The Morgan fingerprint density at radius 3 is 2.62 bits per heavy atom. The van der Waals surface area contributed by atoms with Crippen molar-refractivity contribution in [2.75, 3.05) is 11.1 Å². The fraction of sp³-hybridized carbons (Fsp3) is 0.100. The first-order valence-corrected chi connectivity index (χ1v) is 9.86. The summed E-state index contributed by atoms with van der Waals surface area (Å²) in [5, 5.41) is 14.3. The SMILES string of the molecule is O=C(CSCc1cccc2ccccc12)Nc1ccc(Br)cc1C(=O)O. The molecule has 132 valence electrons. The number of amides is 1. The number of fused-ring (bicyclic) bond motifs is 1. The number of carboxylic acids is 1. The van der Waals surface area contributed by atoms with E-state index in [0.717, 1.165) is 0 Å². The molecule has 1 amide bonds. The van der Waals surface area contributed by atoms with Gasteiger partial charge in [0.25, 0.3) is 0 Å². The van der Waals surface area contributed by atoms with Crippen molar-refractivity contribution in [1.29, 1.82) is 0 Å². The van der Waals surface area contributed by atoms with Gasteiger partial charge >= 0.3 is 5.97 Å². The van der Waals surface area contributed by atoms with E-state index in [1.54, 1.807) is 12.1 Å². The van der Waals surface area contributed by atoms with Crippen molar-refractivity contribution in [1.82, 2.24) is 0 Å². The van der Waals surface area contributed by atoms with E-state index >= 15 is 0 Å². The Bertz CT molecular complexity index is 969. The fourth-order valence-electron chi connectivity index (χ4n) is 2.66. The van der Waals surface area contributed by atoms with Crippen LogP contribution in [0.4, 0.5) is 5.69 Å². The van der Waals surface area contributed by atoms with Gasteiger partial charge in [0.15, 0.2) is 0 Å². The molecule has 0 fully saturated rings. The number of carbonyl (C=O) groups is 2. The maximum Gasteiger partial charge on any atom is 0.337 e. The van der Waals surface area contributed by atoms with Gasteiger partial charge in [0.1, 0.15) is 0 Å². The monoisotopic (exact) mass is 429 g/mol. The maximum absolute atomic E-state index is 12.2. The second-order valence-corrected chi connectivity index (χ2v) is 7.58. The lowest BCUT2D eigenvalue weighted by Crippen LogP contribution is -2.16. The third kappa shape index (κ3) is 4.45. The Kier molecular flexibility index (Phi) is 5.96. The largest absolute Gasteiger partial charge is 0.478 e. The minimum atomic E-state index is -1.08. The highest BCUT2D eigenvalue weighted by Gasteiger charge is 2.13. The van der Waals surface area contributed by atoms with E-state index < -0.39 is 5.97 Å². The number of nitrogens with one attached hydrogen (secondary N) is 1. The first kappa shape index (κ1) is 18.5.